The van der Waals surface area contributed by atoms with Crippen molar-refractivity contribution in [2.24, 2.45) is 0 Å². The lowest BCUT2D eigenvalue weighted by Crippen LogP contribution is -2.32. The van der Waals surface area contributed by atoms with Gasteiger partial charge in [0, 0.05) is 45.0 Å². The molecule has 0 spiro atoms. The number of aryl methyl sites for hydroxylation is 1. The molecule has 0 unspecified atom stereocenters. The number of nitrogens with zero attached hydrogens (tertiary/aromatic N) is 5. The van der Waals surface area contributed by atoms with E-state index in [9.17, 15) is 9.59 Å². The van der Waals surface area contributed by atoms with Crippen LogP contribution in [0, 0.1) is 0 Å². The third kappa shape index (κ3) is 4.40. The quantitative estimate of drug-likeness (QED) is 0.847. The molecule has 0 aromatic carbocycles. The number of hydrogen-bond acceptors (Lipinski definition) is 5. The van der Waals surface area contributed by atoms with E-state index in [1.165, 1.54) is 6.92 Å². The smallest absolute Gasteiger partial charge is 0.224 e. The van der Waals surface area contributed by atoms with Crippen LogP contribution in [0.15, 0.2) is 31.0 Å². The number of amides is 2. The first-order valence-corrected chi connectivity index (χ1v) is 8.45. The molecule has 8 heteroatoms. The normalized spacial score (nSPS) is 16.8. The van der Waals surface area contributed by atoms with E-state index >= 15 is 0 Å². The lowest BCUT2D eigenvalue weighted by molar-refractivity contribution is -0.132. The monoisotopic (exact) mass is 342 g/mol. The molecule has 8 nitrogen and oxygen atoms in total. The third-order valence-electron chi connectivity index (χ3n) is 4.26. The molecule has 3 rings (SSSR count). The highest BCUT2D eigenvalue weighted by atomic mass is 16.2. The van der Waals surface area contributed by atoms with Crippen molar-refractivity contribution in [3.05, 3.63) is 42.5 Å². The first-order valence-electron chi connectivity index (χ1n) is 8.45. The summed E-state index contributed by atoms with van der Waals surface area (Å²) in [7, 11) is 0. The first kappa shape index (κ1) is 17.1. The number of imidazole rings is 1. The predicted octanol–water partition coefficient (Wildman–Crippen LogP) is 1.06. The Bertz CT molecular complexity index is 730. The van der Waals surface area contributed by atoms with E-state index in [0.717, 1.165) is 25.1 Å². The van der Waals surface area contributed by atoms with Gasteiger partial charge in [0.05, 0.1) is 24.6 Å². The Morgan fingerprint density at radius 2 is 2.24 bits per heavy atom. The van der Waals surface area contributed by atoms with Crippen LogP contribution in [0.25, 0.3) is 0 Å². The van der Waals surface area contributed by atoms with Crippen LogP contribution in [0.1, 0.15) is 43.7 Å². The summed E-state index contributed by atoms with van der Waals surface area (Å²) in [5, 5.41) is 2.73. The molecule has 1 saturated heterocycles. The van der Waals surface area contributed by atoms with Crippen molar-refractivity contribution in [2.75, 3.05) is 6.54 Å². The van der Waals surface area contributed by atoms with Gasteiger partial charge in [0.2, 0.25) is 11.8 Å². The average molecular weight is 342 g/mol. The fourth-order valence-corrected chi connectivity index (χ4v) is 3.01. The summed E-state index contributed by atoms with van der Waals surface area (Å²) in [5.41, 5.74) is 0.748. The van der Waals surface area contributed by atoms with Gasteiger partial charge in [0.1, 0.15) is 0 Å². The topological polar surface area (TPSA) is 93.0 Å². The molecule has 1 aliphatic rings. The zero-order chi connectivity index (χ0) is 17.6. The summed E-state index contributed by atoms with van der Waals surface area (Å²) < 4.78 is 1.90. The van der Waals surface area contributed by atoms with Gasteiger partial charge in [-0.15, -0.1) is 0 Å². The molecule has 0 bridgehead atoms. The van der Waals surface area contributed by atoms with E-state index in [4.69, 9.17) is 0 Å². The minimum absolute atomic E-state index is 0.0902. The highest BCUT2D eigenvalue weighted by Gasteiger charge is 2.31. The van der Waals surface area contributed by atoms with Crippen molar-refractivity contribution in [1.29, 1.82) is 0 Å². The van der Waals surface area contributed by atoms with Crippen LogP contribution in [-0.4, -0.2) is 42.8 Å². The van der Waals surface area contributed by atoms with Crippen LogP contribution in [0.5, 0.6) is 0 Å². The van der Waals surface area contributed by atoms with E-state index in [0.29, 0.717) is 25.3 Å². The Kier molecular flexibility index (Phi) is 5.37. The van der Waals surface area contributed by atoms with Crippen LogP contribution in [-0.2, 0) is 22.7 Å². The molecule has 132 valence electrons. The molecule has 1 aliphatic heterocycles. The fraction of sp³-hybridized carbons (Fsp3) is 0.471. The molecule has 1 atom stereocenters. The van der Waals surface area contributed by atoms with Gasteiger partial charge in [-0.3, -0.25) is 9.59 Å². The van der Waals surface area contributed by atoms with Gasteiger partial charge in [-0.1, -0.05) is 0 Å². The van der Waals surface area contributed by atoms with Crippen LogP contribution in [0.3, 0.4) is 0 Å². The zero-order valence-electron chi connectivity index (χ0n) is 14.3. The van der Waals surface area contributed by atoms with Crippen molar-refractivity contribution in [3.63, 3.8) is 0 Å². The zero-order valence-corrected chi connectivity index (χ0v) is 14.3. The Labute approximate surface area is 146 Å². The molecule has 0 saturated carbocycles. The van der Waals surface area contributed by atoms with Gasteiger partial charge in [-0.2, -0.15) is 0 Å². The molecule has 1 fully saturated rings. The average Bonchev–Trinajstić information content (AvgIpc) is 3.29. The molecule has 2 aromatic heterocycles. The molecule has 0 radical (unpaired) electrons. The van der Waals surface area contributed by atoms with Gasteiger partial charge >= 0.3 is 0 Å². The summed E-state index contributed by atoms with van der Waals surface area (Å²) in [5.74, 6) is 0.653. The molecular formula is C17H22N6O2. The summed E-state index contributed by atoms with van der Waals surface area (Å²) in [6.45, 7) is 3.18. The standard InChI is InChI=1S/C17H22N6O2/c1-13(24)20-11-14-4-6-19-17(21-14)15-3-2-8-23(15)16(25)5-9-22-10-7-18-12-22/h4,6-7,10,12,15H,2-3,5,8-9,11H2,1H3,(H,20,24)/t15-/m1/s1. The number of aromatic nitrogens is 4. The van der Waals surface area contributed by atoms with Crippen LogP contribution in [0.4, 0.5) is 0 Å². The lowest BCUT2D eigenvalue weighted by Gasteiger charge is -2.24. The van der Waals surface area contributed by atoms with E-state index in [1.54, 1.807) is 24.8 Å². The second-order valence-electron chi connectivity index (χ2n) is 6.11. The minimum Gasteiger partial charge on any atom is -0.351 e. The van der Waals surface area contributed by atoms with Crippen molar-refractivity contribution >= 4 is 11.8 Å². The molecule has 0 aliphatic carbocycles. The SMILES string of the molecule is CC(=O)NCc1ccnc([C@H]2CCCN2C(=O)CCn2ccnc2)n1. The third-order valence-corrected chi connectivity index (χ3v) is 4.26. The molecular weight excluding hydrogens is 320 g/mol. The van der Waals surface area contributed by atoms with Crippen molar-refractivity contribution in [1.82, 2.24) is 29.7 Å². The fourth-order valence-electron chi connectivity index (χ4n) is 3.01. The highest BCUT2D eigenvalue weighted by molar-refractivity contribution is 5.76. The second kappa shape index (κ2) is 7.87. The Morgan fingerprint density at radius 3 is 3.00 bits per heavy atom. The largest absolute Gasteiger partial charge is 0.351 e. The summed E-state index contributed by atoms with van der Waals surface area (Å²) >= 11 is 0. The van der Waals surface area contributed by atoms with E-state index in [1.807, 2.05) is 15.7 Å². The molecule has 1 N–H and O–H groups in total. The van der Waals surface area contributed by atoms with Gasteiger partial charge in [0.15, 0.2) is 5.82 Å². The Hall–Kier alpha value is -2.77. The van der Waals surface area contributed by atoms with Crippen molar-refractivity contribution in [3.8, 4) is 0 Å². The van der Waals surface area contributed by atoms with Gasteiger partial charge in [-0.05, 0) is 18.9 Å². The van der Waals surface area contributed by atoms with Crippen molar-refractivity contribution < 1.29 is 9.59 Å². The maximum absolute atomic E-state index is 12.6. The number of nitrogens with one attached hydrogen (secondary N) is 1. The first-order chi connectivity index (χ1) is 12.1. The van der Waals surface area contributed by atoms with Gasteiger partial charge < -0.3 is 14.8 Å². The van der Waals surface area contributed by atoms with E-state index in [2.05, 4.69) is 20.3 Å². The Balaban J connectivity index is 1.65. The van der Waals surface area contributed by atoms with Crippen LogP contribution < -0.4 is 5.32 Å². The summed E-state index contributed by atoms with van der Waals surface area (Å²) in [6, 6.07) is 1.69. The number of carbonyl (C=O) groups is 2. The minimum atomic E-state index is -0.0997. The van der Waals surface area contributed by atoms with Crippen molar-refractivity contribution in [2.45, 2.75) is 45.3 Å². The summed E-state index contributed by atoms with van der Waals surface area (Å²) in [4.78, 5) is 38.4. The molecule has 25 heavy (non-hydrogen) atoms. The number of likely N-dealkylation sites (tertiary alicyclic amines) is 1. The number of hydrogen-bond donors (Lipinski definition) is 1. The molecule has 2 amide bonds. The maximum atomic E-state index is 12.6. The van der Waals surface area contributed by atoms with Crippen LogP contribution in [0.2, 0.25) is 0 Å². The number of rotatable bonds is 6. The Morgan fingerprint density at radius 1 is 1.36 bits per heavy atom. The summed E-state index contributed by atoms with van der Waals surface area (Å²) in [6.07, 6.45) is 9.19. The predicted molar refractivity (Wildman–Crippen MR) is 90.1 cm³/mol. The van der Waals surface area contributed by atoms with E-state index in [-0.39, 0.29) is 17.9 Å². The van der Waals surface area contributed by atoms with E-state index < -0.39 is 0 Å². The van der Waals surface area contributed by atoms with Gasteiger partial charge in [0.25, 0.3) is 0 Å². The molecule has 2 aromatic rings. The number of carbonyl (C=O) groups excluding carboxylic acids is 2. The van der Waals surface area contributed by atoms with Gasteiger partial charge in [-0.25, -0.2) is 15.0 Å². The van der Waals surface area contributed by atoms with Crippen LogP contribution >= 0.6 is 0 Å². The highest BCUT2D eigenvalue weighted by Crippen LogP contribution is 2.30. The maximum Gasteiger partial charge on any atom is 0.224 e. The molecule has 3 heterocycles. The second-order valence-corrected chi connectivity index (χ2v) is 6.11. The lowest BCUT2D eigenvalue weighted by atomic mass is 10.2.